The molecule has 1 atom stereocenters. The molecule has 0 saturated carbocycles. The van der Waals surface area contributed by atoms with Crippen LogP contribution in [-0.2, 0) is 4.74 Å². The number of ether oxygens (including phenoxy) is 1. The van der Waals surface area contributed by atoms with Crippen molar-refractivity contribution >= 4 is 0 Å². The van der Waals surface area contributed by atoms with Gasteiger partial charge in [-0.1, -0.05) is 19.1 Å². The van der Waals surface area contributed by atoms with E-state index in [9.17, 15) is 0 Å². The van der Waals surface area contributed by atoms with E-state index in [2.05, 4.69) is 19.1 Å². The Hall–Kier alpha value is -0.300. The van der Waals surface area contributed by atoms with E-state index in [0.29, 0.717) is 6.10 Å². The Bertz CT molecular complexity index is 92.7. The first-order valence-electron chi connectivity index (χ1n) is 3.70. The van der Waals surface area contributed by atoms with Gasteiger partial charge in [0.25, 0.3) is 0 Å². The molecule has 1 fully saturated rings. The highest BCUT2D eigenvalue weighted by molar-refractivity contribution is 4.82. The number of allylic oxidation sites excluding steroid dienone is 2. The van der Waals surface area contributed by atoms with Crippen LogP contribution in [0.5, 0.6) is 0 Å². The third kappa shape index (κ3) is 3.31. The smallest absolute Gasteiger partial charge is 0.0812 e. The highest BCUT2D eigenvalue weighted by atomic mass is 16.6. The van der Waals surface area contributed by atoms with E-state index in [4.69, 9.17) is 4.74 Å². The van der Waals surface area contributed by atoms with E-state index in [1.54, 1.807) is 0 Å². The van der Waals surface area contributed by atoms with E-state index in [1.165, 1.54) is 12.8 Å². The van der Waals surface area contributed by atoms with E-state index in [0.717, 1.165) is 13.0 Å². The van der Waals surface area contributed by atoms with Crippen molar-refractivity contribution in [3.63, 3.8) is 0 Å². The van der Waals surface area contributed by atoms with Gasteiger partial charge in [-0.15, -0.1) is 0 Å². The van der Waals surface area contributed by atoms with Crippen LogP contribution in [0.4, 0.5) is 0 Å². The summed E-state index contributed by atoms with van der Waals surface area (Å²) in [5.74, 6) is 0. The maximum Gasteiger partial charge on any atom is 0.0812 e. The van der Waals surface area contributed by atoms with Crippen LogP contribution in [0.15, 0.2) is 12.2 Å². The van der Waals surface area contributed by atoms with E-state index in [-0.39, 0.29) is 0 Å². The third-order valence-corrected chi connectivity index (χ3v) is 1.46. The van der Waals surface area contributed by atoms with Crippen LogP contribution in [0.25, 0.3) is 0 Å². The summed E-state index contributed by atoms with van der Waals surface area (Å²) in [6.45, 7) is 3.16. The van der Waals surface area contributed by atoms with Crippen LogP contribution in [-0.4, -0.2) is 12.7 Å². The lowest BCUT2D eigenvalue weighted by atomic mass is 10.2. The molecule has 0 amide bonds. The molecule has 1 heterocycles. The first-order valence-corrected chi connectivity index (χ1v) is 3.70. The summed E-state index contributed by atoms with van der Waals surface area (Å²) >= 11 is 0. The molecule has 0 radical (unpaired) electrons. The summed E-state index contributed by atoms with van der Waals surface area (Å²) in [6, 6.07) is 0. The molecular weight excluding hydrogens is 112 g/mol. The second-order valence-electron chi connectivity index (χ2n) is 2.41. The third-order valence-electron chi connectivity index (χ3n) is 1.46. The molecule has 1 aliphatic heterocycles. The van der Waals surface area contributed by atoms with Gasteiger partial charge in [-0.2, -0.15) is 0 Å². The maximum atomic E-state index is 5.05. The summed E-state index contributed by atoms with van der Waals surface area (Å²) in [5, 5.41) is 0. The Balaban J connectivity index is 1.85. The molecule has 0 N–H and O–H groups in total. The number of epoxide rings is 1. The summed E-state index contributed by atoms with van der Waals surface area (Å²) in [6.07, 6.45) is 8.62. The van der Waals surface area contributed by atoms with Crippen LogP contribution in [0.1, 0.15) is 26.2 Å². The van der Waals surface area contributed by atoms with Crippen molar-refractivity contribution in [3.05, 3.63) is 12.2 Å². The number of hydrogen-bond donors (Lipinski definition) is 0. The Morgan fingerprint density at radius 2 is 2.33 bits per heavy atom. The first-order chi connectivity index (χ1) is 4.43. The standard InChI is InChI=1S/C8H14O/c1-2-3-4-5-6-8-7-9-8/h3-4,8H,2,5-7H2,1H3/b4-3-. The fourth-order valence-corrected chi connectivity index (χ4v) is 0.801. The van der Waals surface area contributed by atoms with Gasteiger partial charge in [0.1, 0.15) is 0 Å². The van der Waals surface area contributed by atoms with Crippen LogP contribution in [0, 0.1) is 0 Å². The van der Waals surface area contributed by atoms with Crippen molar-refractivity contribution < 1.29 is 4.74 Å². The second kappa shape index (κ2) is 3.67. The maximum absolute atomic E-state index is 5.05. The minimum absolute atomic E-state index is 0.603. The fourth-order valence-electron chi connectivity index (χ4n) is 0.801. The Morgan fingerprint density at radius 3 is 2.89 bits per heavy atom. The van der Waals surface area contributed by atoms with Gasteiger partial charge in [0.2, 0.25) is 0 Å². The van der Waals surface area contributed by atoms with Crippen molar-refractivity contribution in [2.45, 2.75) is 32.3 Å². The van der Waals surface area contributed by atoms with Gasteiger partial charge in [0.15, 0.2) is 0 Å². The predicted octanol–water partition coefficient (Wildman–Crippen LogP) is 2.13. The molecule has 9 heavy (non-hydrogen) atoms. The largest absolute Gasteiger partial charge is 0.373 e. The molecule has 0 aromatic rings. The van der Waals surface area contributed by atoms with Crippen LogP contribution >= 0.6 is 0 Å². The SMILES string of the molecule is CC/C=C\CCC1CO1. The van der Waals surface area contributed by atoms with Gasteiger partial charge >= 0.3 is 0 Å². The number of hydrogen-bond acceptors (Lipinski definition) is 1. The highest BCUT2D eigenvalue weighted by Crippen LogP contribution is 2.15. The van der Waals surface area contributed by atoms with Gasteiger partial charge in [-0.05, 0) is 19.3 Å². The van der Waals surface area contributed by atoms with Crippen molar-refractivity contribution in [1.82, 2.24) is 0 Å². The van der Waals surface area contributed by atoms with Crippen LogP contribution < -0.4 is 0 Å². The van der Waals surface area contributed by atoms with E-state index in [1.807, 2.05) is 0 Å². The Labute approximate surface area is 56.7 Å². The fraction of sp³-hybridized carbons (Fsp3) is 0.750. The van der Waals surface area contributed by atoms with Gasteiger partial charge < -0.3 is 4.74 Å². The quantitative estimate of drug-likeness (QED) is 0.415. The normalized spacial score (nSPS) is 25.2. The lowest BCUT2D eigenvalue weighted by molar-refractivity contribution is 0.398. The summed E-state index contributed by atoms with van der Waals surface area (Å²) in [5.41, 5.74) is 0. The van der Waals surface area contributed by atoms with Crippen molar-refractivity contribution in [3.8, 4) is 0 Å². The Kier molecular flexibility index (Phi) is 2.78. The summed E-state index contributed by atoms with van der Waals surface area (Å²) in [4.78, 5) is 0. The summed E-state index contributed by atoms with van der Waals surface area (Å²) < 4.78 is 5.05. The summed E-state index contributed by atoms with van der Waals surface area (Å²) in [7, 11) is 0. The molecule has 1 unspecified atom stereocenters. The predicted molar refractivity (Wildman–Crippen MR) is 38.4 cm³/mol. The van der Waals surface area contributed by atoms with Gasteiger partial charge in [0.05, 0.1) is 12.7 Å². The lowest BCUT2D eigenvalue weighted by Crippen LogP contribution is -1.80. The van der Waals surface area contributed by atoms with E-state index >= 15 is 0 Å². The zero-order valence-electron chi connectivity index (χ0n) is 5.97. The van der Waals surface area contributed by atoms with Crippen LogP contribution in [0.3, 0.4) is 0 Å². The molecular formula is C8H14O. The molecule has 0 bridgehead atoms. The van der Waals surface area contributed by atoms with Gasteiger partial charge in [0, 0.05) is 0 Å². The average molecular weight is 126 g/mol. The molecule has 0 aromatic heterocycles. The molecule has 0 aromatic carbocycles. The van der Waals surface area contributed by atoms with Gasteiger partial charge in [-0.25, -0.2) is 0 Å². The molecule has 1 heteroatoms. The highest BCUT2D eigenvalue weighted by Gasteiger charge is 2.20. The molecule has 1 saturated heterocycles. The van der Waals surface area contributed by atoms with Crippen molar-refractivity contribution in [2.24, 2.45) is 0 Å². The van der Waals surface area contributed by atoms with Crippen molar-refractivity contribution in [1.29, 1.82) is 0 Å². The van der Waals surface area contributed by atoms with Crippen LogP contribution in [0.2, 0.25) is 0 Å². The van der Waals surface area contributed by atoms with E-state index < -0.39 is 0 Å². The zero-order valence-corrected chi connectivity index (χ0v) is 5.97. The molecule has 52 valence electrons. The minimum atomic E-state index is 0.603. The molecule has 0 aliphatic carbocycles. The topological polar surface area (TPSA) is 12.5 Å². The average Bonchev–Trinajstić information content (AvgIpc) is 2.63. The second-order valence-corrected chi connectivity index (χ2v) is 2.41. The molecule has 1 nitrogen and oxygen atoms in total. The van der Waals surface area contributed by atoms with Gasteiger partial charge in [-0.3, -0.25) is 0 Å². The molecule has 0 spiro atoms. The minimum Gasteiger partial charge on any atom is -0.373 e. The monoisotopic (exact) mass is 126 g/mol. The molecule has 1 rings (SSSR count). The zero-order chi connectivity index (χ0) is 6.53. The lowest BCUT2D eigenvalue weighted by Gasteiger charge is -1.85. The van der Waals surface area contributed by atoms with Crippen molar-refractivity contribution in [2.75, 3.05) is 6.61 Å². The Morgan fingerprint density at radius 1 is 1.56 bits per heavy atom. The number of rotatable bonds is 4. The molecule has 1 aliphatic rings. The first kappa shape index (κ1) is 6.81.